The average molecular weight is 441 g/mol. The zero-order valence-electron chi connectivity index (χ0n) is 12.9. The van der Waals surface area contributed by atoms with Crippen molar-refractivity contribution in [2.45, 2.75) is 13.3 Å². The molecule has 0 saturated carbocycles. The van der Waals surface area contributed by atoms with Crippen molar-refractivity contribution < 1.29 is 0 Å². The second-order valence-corrected chi connectivity index (χ2v) is 6.51. The number of halogens is 2. The molecule has 0 heterocycles. The number of nitrogens with zero attached hydrogens (tertiary/aromatic N) is 2. The lowest BCUT2D eigenvalue weighted by Crippen LogP contribution is -2.27. The zero-order valence-corrected chi connectivity index (χ0v) is 15.9. The standard InChI is InChI=1S/C17H17IN4.ClH/c1-10(21-22-17(19)20-2)11-3-5-15-12(7-11)8-13-9-14(18)4-6-16(13)15;/h3-7,9H,8H2,1-2H3,(H3,19,20,22);1H. The van der Waals surface area contributed by atoms with E-state index in [-0.39, 0.29) is 12.4 Å². The number of hydrazone groups is 1. The Kier molecular flexibility index (Phi) is 5.64. The van der Waals surface area contributed by atoms with Gasteiger partial charge in [-0.25, -0.2) is 5.43 Å². The first-order chi connectivity index (χ1) is 10.6. The zero-order chi connectivity index (χ0) is 15.7. The molecule has 3 rings (SSSR count). The van der Waals surface area contributed by atoms with E-state index in [0.717, 1.165) is 17.7 Å². The van der Waals surface area contributed by atoms with E-state index in [9.17, 15) is 0 Å². The summed E-state index contributed by atoms with van der Waals surface area (Å²) in [5, 5.41) is 4.26. The van der Waals surface area contributed by atoms with Crippen molar-refractivity contribution in [2.24, 2.45) is 15.8 Å². The van der Waals surface area contributed by atoms with E-state index in [2.05, 4.69) is 74.5 Å². The highest BCUT2D eigenvalue weighted by Gasteiger charge is 2.19. The van der Waals surface area contributed by atoms with E-state index < -0.39 is 0 Å². The maximum Gasteiger partial charge on any atom is 0.209 e. The second kappa shape index (κ2) is 7.31. The molecule has 0 radical (unpaired) electrons. The number of rotatable bonds is 2. The van der Waals surface area contributed by atoms with Gasteiger partial charge in [-0.15, -0.1) is 12.4 Å². The van der Waals surface area contributed by atoms with E-state index >= 15 is 0 Å². The van der Waals surface area contributed by atoms with Crippen molar-refractivity contribution in [3.05, 3.63) is 56.7 Å². The van der Waals surface area contributed by atoms with Crippen LogP contribution in [-0.4, -0.2) is 18.7 Å². The van der Waals surface area contributed by atoms with E-state index in [1.165, 1.54) is 25.8 Å². The summed E-state index contributed by atoms with van der Waals surface area (Å²) < 4.78 is 1.28. The maximum atomic E-state index is 5.59. The number of hydrogen-bond donors (Lipinski definition) is 2. The largest absolute Gasteiger partial charge is 0.369 e. The molecule has 1 aliphatic carbocycles. The Morgan fingerprint density at radius 3 is 2.48 bits per heavy atom. The van der Waals surface area contributed by atoms with Crippen molar-refractivity contribution in [1.82, 2.24) is 5.43 Å². The summed E-state index contributed by atoms with van der Waals surface area (Å²) in [6, 6.07) is 13.1. The molecule has 0 bridgehead atoms. The van der Waals surface area contributed by atoms with Crippen LogP contribution in [0.15, 0.2) is 46.5 Å². The molecule has 120 valence electrons. The molecule has 0 atom stereocenters. The third-order valence-electron chi connectivity index (χ3n) is 3.84. The average Bonchev–Trinajstić information content (AvgIpc) is 2.88. The summed E-state index contributed by atoms with van der Waals surface area (Å²) in [5.74, 6) is 0.308. The first kappa shape index (κ1) is 17.7. The molecule has 1 aliphatic rings. The molecule has 4 nitrogen and oxygen atoms in total. The summed E-state index contributed by atoms with van der Waals surface area (Å²) in [7, 11) is 1.63. The van der Waals surface area contributed by atoms with Gasteiger partial charge in [-0.2, -0.15) is 5.10 Å². The van der Waals surface area contributed by atoms with E-state index in [4.69, 9.17) is 5.73 Å². The minimum atomic E-state index is 0. The van der Waals surface area contributed by atoms with Crippen LogP contribution in [0.1, 0.15) is 23.6 Å². The van der Waals surface area contributed by atoms with E-state index in [1.54, 1.807) is 7.05 Å². The SMILES string of the molecule is CN=C(N)NN=C(C)c1ccc2c(c1)Cc1cc(I)ccc1-2.Cl. The Morgan fingerprint density at radius 2 is 1.78 bits per heavy atom. The van der Waals surface area contributed by atoms with Gasteiger partial charge in [0.1, 0.15) is 0 Å². The van der Waals surface area contributed by atoms with Crippen molar-refractivity contribution >= 4 is 46.7 Å². The molecule has 6 heteroatoms. The Morgan fingerprint density at radius 1 is 1.13 bits per heavy atom. The highest BCUT2D eigenvalue weighted by molar-refractivity contribution is 14.1. The van der Waals surface area contributed by atoms with Gasteiger partial charge in [-0.3, -0.25) is 4.99 Å². The quantitative estimate of drug-likeness (QED) is 0.277. The lowest BCUT2D eigenvalue weighted by molar-refractivity contribution is 0.997. The number of guanidine groups is 1. The van der Waals surface area contributed by atoms with Crippen molar-refractivity contribution in [1.29, 1.82) is 0 Å². The van der Waals surface area contributed by atoms with Gasteiger partial charge in [0.05, 0.1) is 5.71 Å². The summed E-state index contributed by atoms with van der Waals surface area (Å²) in [5.41, 5.74) is 15.7. The number of nitrogens with one attached hydrogen (secondary N) is 1. The van der Waals surface area contributed by atoms with Gasteiger partial charge in [0, 0.05) is 10.6 Å². The van der Waals surface area contributed by atoms with Gasteiger partial charge in [0.15, 0.2) is 0 Å². The highest BCUT2D eigenvalue weighted by atomic mass is 127. The first-order valence-corrected chi connectivity index (χ1v) is 8.11. The van der Waals surface area contributed by atoms with Gasteiger partial charge < -0.3 is 5.73 Å². The predicted octanol–water partition coefficient (Wildman–Crippen LogP) is 3.54. The van der Waals surface area contributed by atoms with Crippen LogP contribution in [0.25, 0.3) is 11.1 Å². The molecular formula is C17H18ClIN4. The van der Waals surface area contributed by atoms with Crippen LogP contribution in [0, 0.1) is 3.57 Å². The Balaban J connectivity index is 0.00000192. The second-order valence-electron chi connectivity index (χ2n) is 5.27. The van der Waals surface area contributed by atoms with E-state index in [1.807, 2.05) is 6.92 Å². The Hall–Kier alpha value is -1.60. The van der Waals surface area contributed by atoms with Crippen LogP contribution >= 0.6 is 35.0 Å². The molecule has 0 saturated heterocycles. The molecule has 0 aliphatic heterocycles. The molecule has 0 unspecified atom stereocenters. The molecular weight excluding hydrogens is 423 g/mol. The fourth-order valence-electron chi connectivity index (χ4n) is 2.66. The molecule has 2 aromatic carbocycles. The van der Waals surface area contributed by atoms with Crippen LogP contribution < -0.4 is 11.2 Å². The van der Waals surface area contributed by atoms with Crippen molar-refractivity contribution in [3.63, 3.8) is 0 Å². The van der Waals surface area contributed by atoms with Crippen LogP contribution in [0.3, 0.4) is 0 Å². The van der Waals surface area contributed by atoms with Crippen LogP contribution in [0.4, 0.5) is 0 Å². The smallest absolute Gasteiger partial charge is 0.209 e. The van der Waals surface area contributed by atoms with Gasteiger partial charge in [-0.1, -0.05) is 18.2 Å². The fraction of sp³-hybridized carbons (Fsp3) is 0.176. The number of hydrogen-bond acceptors (Lipinski definition) is 2. The lowest BCUT2D eigenvalue weighted by Gasteiger charge is -2.06. The summed E-state index contributed by atoms with van der Waals surface area (Å²) >= 11 is 2.36. The summed E-state index contributed by atoms with van der Waals surface area (Å²) in [6.07, 6.45) is 0.981. The number of benzene rings is 2. The number of nitrogens with two attached hydrogens (primary N) is 1. The van der Waals surface area contributed by atoms with Crippen molar-refractivity contribution in [2.75, 3.05) is 7.05 Å². The fourth-order valence-corrected chi connectivity index (χ4v) is 3.22. The molecule has 2 aromatic rings. The molecule has 0 fully saturated rings. The molecule has 0 spiro atoms. The highest BCUT2D eigenvalue weighted by Crippen LogP contribution is 2.37. The first-order valence-electron chi connectivity index (χ1n) is 7.03. The number of fused-ring (bicyclic) bond motifs is 3. The third kappa shape index (κ3) is 3.67. The van der Waals surface area contributed by atoms with Crippen LogP contribution in [-0.2, 0) is 6.42 Å². The summed E-state index contributed by atoms with van der Waals surface area (Å²) in [4.78, 5) is 3.82. The van der Waals surface area contributed by atoms with Crippen LogP contribution in [0.2, 0.25) is 0 Å². The third-order valence-corrected chi connectivity index (χ3v) is 4.51. The van der Waals surface area contributed by atoms with Gasteiger partial charge in [-0.05, 0) is 82.0 Å². The van der Waals surface area contributed by atoms with Gasteiger partial charge in [0.25, 0.3) is 0 Å². The van der Waals surface area contributed by atoms with Crippen molar-refractivity contribution in [3.8, 4) is 11.1 Å². The molecule has 0 aromatic heterocycles. The predicted molar refractivity (Wildman–Crippen MR) is 108 cm³/mol. The normalized spacial score (nSPS) is 13.2. The minimum Gasteiger partial charge on any atom is -0.369 e. The molecule has 0 amide bonds. The van der Waals surface area contributed by atoms with Gasteiger partial charge >= 0.3 is 0 Å². The Labute approximate surface area is 155 Å². The molecule has 23 heavy (non-hydrogen) atoms. The van der Waals surface area contributed by atoms with Crippen LogP contribution in [0.5, 0.6) is 0 Å². The van der Waals surface area contributed by atoms with Gasteiger partial charge in [0.2, 0.25) is 5.96 Å². The maximum absolute atomic E-state index is 5.59. The molecule has 3 N–H and O–H groups in total. The lowest BCUT2D eigenvalue weighted by atomic mass is 10.0. The monoisotopic (exact) mass is 440 g/mol. The Bertz CT molecular complexity index is 799. The number of aliphatic imine (C=N–C) groups is 1. The summed E-state index contributed by atoms with van der Waals surface area (Å²) in [6.45, 7) is 1.96. The minimum absolute atomic E-state index is 0. The van der Waals surface area contributed by atoms with E-state index in [0.29, 0.717) is 5.96 Å². The topological polar surface area (TPSA) is 62.8 Å².